The molecule has 0 radical (unpaired) electrons. The largest absolute Gasteiger partial charge is 0.494 e. The Hall–Kier alpha value is -3.83. The molecule has 0 aliphatic carbocycles. The number of halogens is 1. The summed E-state index contributed by atoms with van der Waals surface area (Å²) in [4.78, 5) is 24.0. The number of unbranched alkanes of at least 4 members (excludes halogenated alkanes) is 2. The van der Waals surface area contributed by atoms with Gasteiger partial charge in [-0.3, -0.25) is 4.79 Å². The average Bonchev–Trinajstić information content (AvgIpc) is 2.87. The first-order chi connectivity index (χ1) is 17.0. The molecule has 0 spiro atoms. The van der Waals surface area contributed by atoms with Crippen LogP contribution in [0.1, 0.15) is 45.5 Å². The highest BCUT2D eigenvalue weighted by atomic mass is 35.5. The van der Waals surface area contributed by atoms with Crippen molar-refractivity contribution >= 4 is 39.9 Å². The van der Waals surface area contributed by atoms with Crippen molar-refractivity contribution in [3.8, 4) is 5.75 Å². The van der Waals surface area contributed by atoms with E-state index in [0.29, 0.717) is 17.9 Å². The lowest BCUT2D eigenvalue weighted by atomic mass is 10.1. The van der Waals surface area contributed by atoms with E-state index >= 15 is 0 Å². The van der Waals surface area contributed by atoms with Gasteiger partial charge in [0.2, 0.25) is 0 Å². The summed E-state index contributed by atoms with van der Waals surface area (Å²) in [5, 5.41) is 13.9. The van der Waals surface area contributed by atoms with Gasteiger partial charge in [0.25, 0.3) is 5.91 Å². The van der Waals surface area contributed by atoms with E-state index < -0.39 is 5.97 Å². The minimum atomic E-state index is -1.15. The van der Waals surface area contributed by atoms with Crippen LogP contribution in [0.4, 0.5) is 5.69 Å². The third-order valence-electron chi connectivity index (χ3n) is 5.75. The van der Waals surface area contributed by atoms with E-state index in [9.17, 15) is 14.7 Å². The number of fused-ring (bicyclic) bond motifs is 1. The number of aryl methyl sites for hydroxylation is 1. The van der Waals surface area contributed by atoms with Gasteiger partial charge in [-0.15, -0.1) is 0 Å². The molecule has 5 nitrogen and oxygen atoms in total. The maximum absolute atomic E-state index is 12.7. The van der Waals surface area contributed by atoms with Gasteiger partial charge in [-0.25, -0.2) is 4.79 Å². The maximum atomic E-state index is 12.7. The maximum Gasteiger partial charge on any atom is 0.337 e. The summed E-state index contributed by atoms with van der Waals surface area (Å²) in [5.41, 5.74) is 2.14. The highest BCUT2D eigenvalue weighted by molar-refractivity contribution is 6.33. The molecule has 0 saturated carbocycles. The van der Waals surface area contributed by atoms with Crippen LogP contribution in [0.15, 0.2) is 84.9 Å². The molecule has 0 heterocycles. The number of nitrogens with one attached hydrogen (secondary N) is 1. The number of ether oxygens (including phenoxy) is 1. The van der Waals surface area contributed by atoms with Crippen LogP contribution in [0.5, 0.6) is 5.75 Å². The van der Waals surface area contributed by atoms with E-state index in [1.165, 1.54) is 17.7 Å². The molecule has 0 atom stereocenters. The smallest absolute Gasteiger partial charge is 0.337 e. The average molecular weight is 488 g/mol. The second-order valence-electron chi connectivity index (χ2n) is 8.32. The van der Waals surface area contributed by atoms with Crippen molar-refractivity contribution in [2.24, 2.45) is 0 Å². The summed E-state index contributed by atoms with van der Waals surface area (Å²) in [5.74, 6) is -0.677. The van der Waals surface area contributed by atoms with Gasteiger partial charge in [-0.05, 0) is 84.5 Å². The molecule has 4 aromatic carbocycles. The van der Waals surface area contributed by atoms with Gasteiger partial charge in [0.05, 0.1) is 17.2 Å². The predicted molar refractivity (Wildman–Crippen MR) is 140 cm³/mol. The first kappa shape index (κ1) is 24.3. The Kier molecular flexibility index (Phi) is 8.01. The molecule has 35 heavy (non-hydrogen) atoms. The van der Waals surface area contributed by atoms with Gasteiger partial charge in [0.15, 0.2) is 0 Å². The van der Waals surface area contributed by atoms with Crippen LogP contribution in [-0.2, 0) is 6.42 Å². The Balaban J connectivity index is 1.31. The second-order valence-corrected chi connectivity index (χ2v) is 8.73. The van der Waals surface area contributed by atoms with Crippen LogP contribution in [0.25, 0.3) is 10.8 Å². The lowest BCUT2D eigenvalue weighted by molar-refractivity contribution is 0.0696. The van der Waals surface area contributed by atoms with Crippen LogP contribution < -0.4 is 10.1 Å². The summed E-state index contributed by atoms with van der Waals surface area (Å²) >= 11 is 5.90. The third kappa shape index (κ3) is 6.61. The van der Waals surface area contributed by atoms with E-state index in [-0.39, 0.29) is 16.5 Å². The molecule has 0 bridgehead atoms. The SMILES string of the molecule is O=C(Nc1ccc(Cl)c(C(=O)O)c1)c1ccc2cc(OCCCCCc3ccccc3)ccc2c1. The zero-order valence-electron chi connectivity index (χ0n) is 19.2. The van der Waals surface area contributed by atoms with E-state index in [4.69, 9.17) is 16.3 Å². The van der Waals surface area contributed by atoms with Crippen LogP contribution in [0.2, 0.25) is 5.02 Å². The molecule has 4 rings (SSSR count). The first-order valence-electron chi connectivity index (χ1n) is 11.5. The number of carboxylic acid groups (broad SMARTS) is 1. The predicted octanol–water partition coefficient (Wildman–Crippen LogP) is 7.24. The van der Waals surface area contributed by atoms with Gasteiger partial charge < -0.3 is 15.2 Å². The van der Waals surface area contributed by atoms with Gasteiger partial charge in [0, 0.05) is 11.3 Å². The molecule has 0 unspecified atom stereocenters. The molecule has 0 aliphatic rings. The van der Waals surface area contributed by atoms with Gasteiger partial charge >= 0.3 is 5.97 Å². The van der Waals surface area contributed by atoms with E-state index in [2.05, 4.69) is 29.6 Å². The number of rotatable bonds is 10. The number of carboxylic acids is 1. The molecule has 2 N–H and O–H groups in total. The summed E-state index contributed by atoms with van der Waals surface area (Å²) < 4.78 is 5.93. The van der Waals surface area contributed by atoms with E-state index in [1.807, 2.05) is 30.3 Å². The molecular weight excluding hydrogens is 462 g/mol. The number of carbonyl (C=O) groups excluding carboxylic acids is 1. The third-order valence-corrected chi connectivity index (χ3v) is 6.08. The Bertz CT molecular complexity index is 1340. The normalized spacial score (nSPS) is 10.8. The zero-order valence-corrected chi connectivity index (χ0v) is 19.9. The van der Waals surface area contributed by atoms with Crippen LogP contribution in [0, 0.1) is 0 Å². The lowest BCUT2D eigenvalue weighted by Gasteiger charge is -2.10. The standard InChI is InChI=1S/C29H26ClNO4/c30-27-15-13-24(19-26(27)29(33)34)31-28(32)23-11-10-22-18-25(14-12-21(22)17-23)35-16-6-2-5-9-20-7-3-1-4-8-20/h1,3-4,7-8,10-15,17-19H,2,5-6,9,16H2,(H,31,32)(H,33,34). The minimum absolute atomic E-state index is 0.0632. The fourth-order valence-corrected chi connectivity index (χ4v) is 4.07. The zero-order chi connectivity index (χ0) is 24.6. The fourth-order valence-electron chi connectivity index (χ4n) is 3.87. The minimum Gasteiger partial charge on any atom is -0.494 e. The van der Waals surface area contributed by atoms with E-state index in [0.717, 1.165) is 42.2 Å². The first-order valence-corrected chi connectivity index (χ1v) is 11.9. The Morgan fingerprint density at radius 2 is 1.60 bits per heavy atom. The number of amides is 1. The highest BCUT2D eigenvalue weighted by Crippen LogP contribution is 2.24. The number of hydrogen-bond acceptors (Lipinski definition) is 3. The number of benzene rings is 4. The molecule has 6 heteroatoms. The van der Waals surface area contributed by atoms with Crippen LogP contribution in [0.3, 0.4) is 0 Å². The lowest BCUT2D eigenvalue weighted by Crippen LogP contribution is -2.12. The topological polar surface area (TPSA) is 75.6 Å². The molecule has 4 aromatic rings. The molecule has 0 aliphatic heterocycles. The van der Waals surface area contributed by atoms with Gasteiger partial charge in [-0.1, -0.05) is 54.1 Å². The van der Waals surface area contributed by atoms with Crippen molar-refractivity contribution in [3.05, 3.63) is 107 Å². The quantitative estimate of drug-likeness (QED) is 0.231. The summed E-state index contributed by atoms with van der Waals surface area (Å²) in [6.07, 6.45) is 4.34. The van der Waals surface area contributed by atoms with Crippen molar-refractivity contribution < 1.29 is 19.4 Å². The monoisotopic (exact) mass is 487 g/mol. The Labute approximate surface area is 209 Å². The summed E-state index contributed by atoms with van der Waals surface area (Å²) in [7, 11) is 0. The number of hydrogen-bond donors (Lipinski definition) is 2. The number of aromatic carboxylic acids is 1. The highest BCUT2D eigenvalue weighted by Gasteiger charge is 2.12. The van der Waals surface area contributed by atoms with Crippen molar-refractivity contribution in [2.75, 3.05) is 11.9 Å². The summed E-state index contributed by atoms with van der Waals surface area (Å²) in [6.45, 7) is 0.667. The number of carbonyl (C=O) groups is 2. The Morgan fingerprint density at radius 3 is 2.40 bits per heavy atom. The van der Waals surface area contributed by atoms with Gasteiger partial charge in [-0.2, -0.15) is 0 Å². The summed E-state index contributed by atoms with van der Waals surface area (Å²) in [6, 6.07) is 26.1. The molecule has 0 fully saturated rings. The molecular formula is C29H26ClNO4. The second kappa shape index (κ2) is 11.5. The van der Waals surface area contributed by atoms with Crippen LogP contribution in [-0.4, -0.2) is 23.6 Å². The number of anilines is 1. The van der Waals surface area contributed by atoms with Crippen molar-refractivity contribution in [2.45, 2.75) is 25.7 Å². The van der Waals surface area contributed by atoms with Crippen molar-refractivity contribution in [3.63, 3.8) is 0 Å². The van der Waals surface area contributed by atoms with Gasteiger partial charge in [0.1, 0.15) is 5.75 Å². The molecule has 1 amide bonds. The molecule has 0 saturated heterocycles. The molecule has 0 aromatic heterocycles. The van der Waals surface area contributed by atoms with Crippen molar-refractivity contribution in [1.29, 1.82) is 0 Å². The molecule has 178 valence electrons. The van der Waals surface area contributed by atoms with Crippen molar-refractivity contribution in [1.82, 2.24) is 0 Å². The Morgan fingerprint density at radius 1 is 0.829 bits per heavy atom. The van der Waals surface area contributed by atoms with Crippen LogP contribution >= 0.6 is 11.6 Å². The fraction of sp³-hybridized carbons (Fsp3) is 0.172. The van der Waals surface area contributed by atoms with E-state index in [1.54, 1.807) is 18.2 Å².